The molecule has 0 radical (unpaired) electrons. The van der Waals surface area contributed by atoms with Crippen molar-refractivity contribution < 1.29 is 19.1 Å². The van der Waals surface area contributed by atoms with E-state index in [0.29, 0.717) is 24.4 Å². The van der Waals surface area contributed by atoms with Gasteiger partial charge in [-0.25, -0.2) is 9.59 Å². The maximum Gasteiger partial charge on any atom is 0.338 e. The van der Waals surface area contributed by atoms with Gasteiger partial charge in [-0.15, -0.1) is 0 Å². The van der Waals surface area contributed by atoms with Gasteiger partial charge in [-0.3, -0.25) is 0 Å². The van der Waals surface area contributed by atoms with Crippen molar-refractivity contribution in [3.8, 4) is 5.75 Å². The fourth-order valence-corrected chi connectivity index (χ4v) is 3.49. The first-order valence-corrected chi connectivity index (χ1v) is 10.4. The molecule has 31 heavy (non-hydrogen) atoms. The van der Waals surface area contributed by atoms with Gasteiger partial charge in [-0.2, -0.15) is 0 Å². The van der Waals surface area contributed by atoms with Crippen molar-refractivity contribution in [2.24, 2.45) is 0 Å². The molecule has 0 unspecified atom stereocenters. The summed E-state index contributed by atoms with van der Waals surface area (Å²) in [5.41, 5.74) is 3.77. The number of urea groups is 1. The van der Waals surface area contributed by atoms with E-state index >= 15 is 0 Å². The van der Waals surface area contributed by atoms with Crippen molar-refractivity contribution in [3.05, 3.63) is 70.9 Å². The third-order valence-corrected chi connectivity index (χ3v) is 5.04. The summed E-state index contributed by atoms with van der Waals surface area (Å²) < 4.78 is 10.8. The van der Waals surface area contributed by atoms with Crippen LogP contribution in [0.5, 0.6) is 5.75 Å². The normalized spacial score (nSPS) is 15.7. The number of anilines is 1. The quantitative estimate of drug-likeness (QED) is 0.633. The minimum Gasteiger partial charge on any atom is -0.494 e. The van der Waals surface area contributed by atoms with Gasteiger partial charge in [0.25, 0.3) is 0 Å². The number of esters is 1. The zero-order valence-corrected chi connectivity index (χ0v) is 18.4. The van der Waals surface area contributed by atoms with Gasteiger partial charge < -0.3 is 25.0 Å². The topological polar surface area (TPSA) is 79.9 Å². The number of aryl methyl sites for hydroxylation is 1. The molecule has 164 valence electrons. The van der Waals surface area contributed by atoms with Gasteiger partial charge in [-0.05, 0) is 50.6 Å². The third-order valence-electron chi connectivity index (χ3n) is 5.04. The minimum absolute atomic E-state index is 0.249. The number of rotatable bonds is 8. The first kappa shape index (κ1) is 22.2. The van der Waals surface area contributed by atoms with Gasteiger partial charge >= 0.3 is 12.0 Å². The molecule has 0 bridgehead atoms. The largest absolute Gasteiger partial charge is 0.494 e. The molecule has 1 atom stereocenters. The fourth-order valence-electron chi connectivity index (χ4n) is 3.49. The Kier molecular flexibility index (Phi) is 7.18. The van der Waals surface area contributed by atoms with Crippen molar-refractivity contribution >= 4 is 17.7 Å². The maximum absolute atomic E-state index is 12.9. The lowest BCUT2D eigenvalue weighted by atomic mass is 9.94. The van der Waals surface area contributed by atoms with E-state index in [-0.39, 0.29) is 12.6 Å². The number of carbonyl (C=O) groups excluding carboxylic acids is 2. The summed E-state index contributed by atoms with van der Waals surface area (Å²) in [6.07, 6.45) is 0. The second-order valence-corrected chi connectivity index (χ2v) is 7.34. The number of nitrogens with zero attached hydrogens (tertiary/aromatic N) is 1. The van der Waals surface area contributed by atoms with Crippen LogP contribution in [0.4, 0.5) is 10.5 Å². The molecule has 1 aliphatic heterocycles. The molecule has 7 nitrogen and oxygen atoms in total. The summed E-state index contributed by atoms with van der Waals surface area (Å²) in [6, 6.07) is 14.5. The second-order valence-electron chi connectivity index (χ2n) is 7.34. The van der Waals surface area contributed by atoms with E-state index in [1.54, 1.807) is 6.92 Å². The average molecular weight is 424 g/mol. The summed E-state index contributed by atoms with van der Waals surface area (Å²) in [6.45, 7) is 6.87. The molecule has 0 aromatic heterocycles. The molecule has 0 spiro atoms. The summed E-state index contributed by atoms with van der Waals surface area (Å²) >= 11 is 0. The van der Waals surface area contributed by atoms with E-state index in [9.17, 15) is 9.59 Å². The second kappa shape index (κ2) is 10.0. The van der Waals surface area contributed by atoms with Gasteiger partial charge in [0.2, 0.25) is 0 Å². The Balaban J connectivity index is 1.95. The Morgan fingerprint density at radius 1 is 1.03 bits per heavy atom. The van der Waals surface area contributed by atoms with Crippen molar-refractivity contribution in [2.45, 2.75) is 26.8 Å². The molecule has 2 amide bonds. The van der Waals surface area contributed by atoms with Crippen molar-refractivity contribution in [2.75, 3.05) is 31.7 Å². The predicted molar refractivity (Wildman–Crippen MR) is 120 cm³/mol. The number of hydrogen-bond acceptors (Lipinski definition) is 5. The fraction of sp³-hybridized carbons (Fsp3) is 0.333. The first-order valence-electron chi connectivity index (χ1n) is 10.4. The number of carbonyl (C=O) groups is 2. The van der Waals surface area contributed by atoms with Crippen LogP contribution in [0, 0.1) is 6.92 Å². The lowest BCUT2D eigenvalue weighted by Gasteiger charge is -2.31. The molecular weight excluding hydrogens is 394 g/mol. The van der Waals surface area contributed by atoms with Crippen LogP contribution >= 0.6 is 0 Å². The Hall–Kier alpha value is -3.48. The first-order chi connectivity index (χ1) is 14.9. The predicted octanol–water partition coefficient (Wildman–Crippen LogP) is 3.70. The summed E-state index contributed by atoms with van der Waals surface area (Å²) in [5, 5.41) is 5.67. The van der Waals surface area contributed by atoms with Gasteiger partial charge in [0.05, 0.1) is 37.1 Å². The van der Waals surface area contributed by atoms with Crippen molar-refractivity contribution in [1.29, 1.82) is 0 Å². The highest BCUT2D eigenvalue weighted by Gasteiger charge is 2.34. The van der Waals surface area contributed by atoms with Crippen LogP contribution in [0.2, 0.25) is 0 Å². The SMILES string of the molecule is CCOC(=O)C1=C(CN(C)c2ccc(OCC)cc2)NC(=O)N[C@H]1c1ccc(C)cc1. The Bertz CT molecular complexity index is 952. The molecular formula is C24H29N3O4. The molecule has 1 heterocycles. The lowest BCUT2D eigenvalue weighted by molar-refractivity contribution is -0.139. The maximum atomic E-state index is 12.9. The van der Waals surface area contributed by atoms with E-state index in [1.807, 2.05) is 74.3 Å². The highest BCUT2D eigenvalue weighted by molar-refractivity contribution is 5.95. The van der Waals surface area contributed by atoms with Crippen LogP contribution in [0.1, 0.15) is 31.0 Å². The number of ether oxygens (including phenoxy) is 2. The van der Waals surface area contributed by atoms with Gasteiger partial charge in [0.1, 0.15) is 5.75 Å². The number of hydrogen-bond donors (Lipinski definition) is 2. The molecule has 0 fully saturated rings. The van der Waals surface area contributed by atoms with Gasteiger partial charge in [0.15, 0.2) is 0 Å². The molecule has 2 aromatic rings. The zero-order chi connectivity index (χ0) is 22.4. The molecule has 2 N–H and O–H groups in total. The van der Waals surface area contributed by atoms with Crippen LogP contribution < -0.4 is 20.3 Å². The number of likely N-dealkylation sites (N-methyl/N-ethyl adjacent to an activating group) is 1. The van der Waals surface area contributed by atoms with Crippen molar-refractivity contribution in [3.63, 3.8) is 0 Å². The van der Waals surface area contributed by atoms with E-state index in [4.69, 9.17) is 9.47 Å². The number of benzene rings is 2. The highest BCUT2D eigenvalue weighted by atomic mass is 16.5. The Morgan fingerprint density at radius 2 is 1.71 bits per heavy atom. The van der Waals surface area contributed by atoms with E-state index in [0.717, 1.165) is 22.6 Å². The third kappa shape index (κ3) is 5.36. The molecule has 0 saturated carbocycles. The minimum atomic E-state index is -0.586. The molecule has 0 aliphatic carbocycles. The molecule has 7 heteroatoms. The van der Waals surface area contributed by atoms with Crippen LogP contribution in [-0.2, 0) is 9.53 Å². The Labute approximate surface area is 183 Å². The monoisotopic (exact) mass is 423 g/mol. The number of amides is 2. The molecule has 0 saturated heterocycles. The van der Waals surface area contributed by atoms with Crippen LogP contribution in [0.25, 0.3) is 0 Å². The van der Waals surface area contributed by atoms with Crippen LogP contribution in [-0.4, -0.2) is 38.8 Å². The molecule has 2 aromatic carbocycles. The van der Waals surface area contributed by atoms with Gasteiger partial charge in [0, 0.05) is 12.7 Å². The highest BCUT2D eigenvalue weighted by Crippen LogP contribution is 2.29. The van der Waals surface area contributed by atoms with Gasteiger partial charge in [-0.1, -0.05) is 29.8 Å². The summed E-state index contributed by atoms with van der Waals surface area (Å²) in [4.78, 5) is 27.3. The number of nitrogens with one attached hydrogen (secondary N) is 2. The smallest absolute Gasteiger partial charge is 0.338 e. The molecule has 3 rings (SSSR count). The molecule has 1 aliphatic rings. The van der Waals surface area contributed by atoms with E-state index < -0.39 is 12.0 Å². The average Bonchev–Trinajstić information content (AvgIpc) is 2.74. The lowest BCUT2D eigenvalue weighted by Crippen LogP contribution is -2.48. The Morgan fingerprint density at radius 3 is 2.32 bits per heavy atom. The zero-order valence-electron chi connectivity index (χ0n) is 18.4. The van der Waals surface area contributed by atoms with Crippen LogP contribution in [0.15, 0.2) is 59.8 Å². The van der Waals surface area contributed by atoms with Crippen LogP contribution in [0.3, 0.4) is 0 Å². The summed E-state index contributed by atoms with van der Waals surface area (Å²) in [7, 11) is 1.90. The summed E-state index contributed by atoms with van der Waals surface area (Å²) in [5.74, 6) is 0.344. The standard InChI is InChI=1S/C24H29N3O4/c1-5-30-19-13-11-18(12-14-19)27(4)15-20-21(23(28)31-6-2)22(26-24(29)25-20)17-9-7-16(3)8-10-17/h7-14,22H,5-6,15H2,1-4H3,(H2,25,26,29)/t22-/m0/s1. The van der Waals surface area contributed by atoms with Crippen molar-refractivity contribution in [1.82, 2.24) is 10.6 Å². The van der Waals surface area contributed by atoms with E-state index in [1.165, 1.54) is 0 Å². The van der Waals surface area contributed by atoms with E-state index in [2.05, 4.69) is 10.6 Å².